The molecule has 0 aliphatic rings. The number of nitrogens with zero attached hydrogens (tertiary/aromatic N) is 6. The Hall–Kier alpha value is -2.69. The minimum Gasteiger partial charge on any atom is -0.338 e. The van der Waals surface area contributed by atoms with Crippen LogP contribution in [0.15, 0.2) is 46.2 Å². The van der Waals surface area contributed by atoms with Crippen molar-refractivity contribution in [2.75, 3.05) is 0 Å². The Bertz CT molecular complexity index is 1160. The van der Waals surface area contributed by atoms with Crippen molar-refractivity contribution < 1.29 is 9.45 Å². The molecule has 4 aromatic rings. The van der Waals surface area contributed by atoms with E-state index in [1.54, 1.807) is 28.8 Å². The lowest BCUT2D eigenvalue weighted by Gasteiger charge is -1.99. The van der Waals surface area contributed by atoms with E-state index < -0.39 is 4.92 Å². The fraction of sp³-hybridized carbons (Fsp3) is 0.0667. The van der Waals surface area contributed by atoms with E-state index in [-0.39, 0.29) is 11.5 Å². The van der Waals surface area contributed by atoms with Crippen molar-refractivity contribution in [3.63, 3.8) is 0 Å². The van der Waals surface area contributed by atoms with Crippen molar-refractivity contribution in [1.29, 1.82) is 0 Å². The summed E-state index contributed by atoms with van der Waals surface area (Å²) in [6, 6.07) is 7.61. The molecule has 3 heterocycles. The third kappa shape index (κ3) is 3.59. The van der Waals surface area contributed by atoms with Gasteiger partial charge in [0.15, 0.2) is 10.8 Å². The number of hydrogen-bond donors (Lipinski definition) is 0. The van der Waals surface area contributed by atoms with E-state index in [4.69, 9.17) is 27.7 Å². The van der Waals surface area contributed by atoms with Crippen LogP contribution in [-0.4, -0.2) is 29.7 Å². The first-order valence-corrected chi connectivity index (χ1v) is 9.15. The van der Waals surface area contributed by atoms with Gasteiger partial charge >= 0.3 is 0 Å². The number of hydrogen-bond acceptors (Lipinski definition) is 8. The zero-order valence-electron chi connectivity index (χ0n) is 13.2. The van der Waals surface area contributed by atoms with Gasteiger partial charge in [-0.25, -0.2) is 0 Å². The van der Waals surface area contributed by atoms with Crippen molar-refractivity contribution in [1.82, 2.24) is 24.7 Å². The van der Waals surface area contributed by atoms with Crippen LogP contribution in [0, 0.1) is 10.1 Å². The number of fused-ring (bicyclic) bond motifs is 1. The topological polar surface area (TPSA) is 112 Å². The van der Waals surface area contributed by atoms with Gasteiger partial charge in [-0.2, -0.15) is 4.98 Å². The zero-order chi connectivity index (χ0) is 19.0. The van der Waals surface area contributed by atoms with Crippen molar-refractivity contribution in [2.24, 2.45) is 0 Å². The molecule has 1 aromatic carbocycles. The van der Waals surface area contributed by atoms with Crippen LogP contribution in [0.4, 0.5) is 5.69 Å². The van der Waals surface area contributed by atoms with Crippen LogP contribution in [-0.2, 0) is 5.75 Å². The molecule has 0 radical (unpaired) electrons. The van der Waals surface area contributed by atoms with Gasteiger partial charge in [0, 0.05) is 23.9 Å². The highest BCUT2D eigenvalue weighted by Crippen LogP contribution is 2.28. The van der Waals surface area contributed by atoms with Gasteiger partial charge in [-0.15, -0.1) is 10.2 Å². The Kier molecular flexibility index (Phi) is 4.68. The third-order valence-corrected chi connectivity index (χ3v) is 4.92. The Balaban J connectivity index is 1.54. The van der Waals surface area contributed by atoms with E-state index in [0.717, 1.165) is 0 Å². The van der Waals surface area contributed by atoms with Crippen LogP contribution >= 0.6 is 35.0 Å². The quantitative estimate of drug-likeness (QED) is 0.266. The number of thioether (sulfide) groups is 1. The molecule has 4 rings (SSSR count). The summed E-state index contributed by atoms with van der Waals surface area (Å²) in [7, 11) is 0. The molecule has 0 fully saturated rings. The molecule has 0 unspecified atom stereocenters. The number of halogens is 2. The second-order valence-corrected chi connectivity index (χ2v) is 7.08. The summed E-state index contributed by atoms with van der Waals surface area (Å²) < 4.78 is 6.89. The first kappa shape index (κ1) is 17.7. The molecule has 136 valence electrons. The van der Waals surface area contributed by atoms with Gasteiger partial charge in [-0.3, -0.25) is 14.5 Å². The highest BCUT2D eigenvalue weighted by molar-refractivity contribution is 7.98. The number of nitro benzene ring substituents is 1. The van der Waals surface area contributed by atoms with Gasteiger partial charge in [0.1, 0.15) is 0 Å². The fourth-order valence-electron chi connectivity index (χ4n) is 2.32. The monoisotopic (exact) mass is 422 g/mol. The van der Waals surface area contributed by atoms with E-state index in [2.05, 4.69) is 20.3 Å². The fourth-order valence-corrected chi connectivity index (χ4v) is 3.57. The normalized spacial score (nSPS) is 11.2. The van der Waals surface area contributed by atoms with E-state index >= 15 is 0 Å². The average molecular weight is 423 g/mol. The van der Waals surface area contributed by atoms with Crippen molar-refractivity contribution in [3.05, 3.63) is 62.6 Å². The molecule has 0 atom stereocenters. The summed E-state index contributed by atoms with van der Waals surface area (Å²) in [5, 5.41) is 24.3. The van der Waals surface area contributed by atoms with Crippen LogP contribution in [0.2, 0.25) is 10.0 Å². The van der Waals surface area contributed by atoms with E-state index in [0.29, 0.717) is 38.1 Å². The SMILES string of the molecule is O=[N+]([O-])c1cccc(-c2noc(CSc3nnc4c(Cl)cc(Cl)cn34)n2)c1. The molecule has 9 nitrogen and oxygen atoms in total. The van der Waals surface area contributed by atoms with Crippen LogP contribution < -0.4 is 0 Å². The lowest BCUT2D eigenvalue weighted by atomic mass is 10.2. The van der Waals surface area contributed by atoms with Gasteiger partial charge in [-0.05, 0) is 6.07 Å². The molecule has 0 saturated carbocycles. The first-order valence-electron chi connectivity index (χ1n) is 7.41. The van der Waals surface area contributed by atoms with Crippen molar-refractivity contribution in [3.8, 4) is 11.4 Å². The van der Waals surface area contributed by atoms with Gasteiger partial charge in [0.05, 0.1) is 20.7 Å². The van der Waals surface area contributed by atoms with Crippen LogP contribution in [0.25, 0.3) is 17.0 Å². The number of pyridine rings is 1. The number of non-ortho nitro benzene ring substituents is 1. The number of rotatable bonds is 5. The van der Waals surface area contributed by atoms with Crippen LogP contribution in [0.1, 0.15) is 5.89 Å². The van der Waals surface area contributed by atoms with Gasteiger partial charge in [0.2, 0.25) is 11.7 Å². The summed E-state index contributed by atoms with van der Waals surface area (Å²) in [4.78, 5) is 14.7. The van der Waals surface area contributed by atoms with E-state index in [1.807, 2.05) is 0 Å². The molecule has 0 aliphatic carbocycles. The van der Waals surface area contributed by atoms with Crippen LogP contribution in [0.3, 0.4) is 0 Å². The Morgan fingerprint density at radius 1 is 1.26 bits per heavy atom. The maximum Gasteiger partial charge on any atom is 0.270 e. The maximum atomic E-state index is 10.9. The standard InChI is InChI=1S/C15H8Cl2N6O3S/c16-9-5-11(17)14-19-20-15(22(14)6-9)27-7-12-18-13(21-26-12)8-2-1-3-10(4-8)23(24)25/h1-6H,7H2. The van der Waals surface area contributed by atoms with Crippen LogP contribution in [0.5, 0.6) is 0 Å². The highest BCUT2D eigenvalue weighted by atomic mass is 35.5. The average Bonchev–Trinajstić information content (AvgIpc) is 3.27. The maximum absolute atomic E-state index is 10.9. The second-order valence-electron chi connectivity index (χ2n) is 5.29. The first-order chi connectivity index (χ1) is 13.0. The summed E-state index contributed by atoms with van der Waals surface area (Å²) in [6.07, 6.45) is 1.66. The Labute approximate surface area is 165 Å². The molecule has 3 aromatic heterocycles. The molecular weight excluding hydrogens is 415 g/mol. The lowest BCUT2D eigenvalue weighted by molar-refractivity contribution is -0.384. The largest absolute Gasteiger partial charge is 0.338 e. The zero-order valence-corrected chi connectivity index (χ0v) is 15.6. The number of benzene rings is 1. The Morgan fingerprint density at radius 3 is 2.93 bits per heavy atom. The van der Waals surface area contributed by atoms with Gasteiger partial charge < -0.3 is 4.52 Å². The summed E-state index contributed by atoms with van der Waals surface area (Å²) in [5.74, 6) is 0.935. The smallest absolute Gasteiger partial charge is 0.270 e. The molecule has 0 amide bonds. The molecule has 0 bridgehead atoms. The number of aromatic nitrogens is 5. The van der Waals surface area contributed by atoms with E-state index in [9.17, 15) is 10.1 Å². The predicted molar refractivity (Wildman–Crippen MR) is 99.0 cm³/mol. The van der Waals surface area contributed by atoms with Gasteiger partial charge in [-0.1, -0.05) is 52.3 Å². The molecule has 0 spiro atoms. The minimum atomic E-state index is -0.479. The second kappa shape index (κ2) is 7.14. The molecule has 27 heavy (non-hydrogen) atoms. The molecule has 0 saturated heterocycles. The van der Waals surface area contributed by atoms with Gasteiger partial charge in [0.25, 0.3) is 5.69 Å². The summed E-state index contributed by atoms with van der Waals surface area (Å²) in [6.45, 7) is 0. The molecule has 0 N–H and O–H groups in total. The van der Waals surface area contributed by atoms with Crippen molar-refractivity contribution in [2.45, 2.75) is 10.9 Å². The lowest BCUT2D eigenvalue weighted by Crippen LogP contribution is -1.90. The molecule has 0 aliphatic heterocycles. The Morgan fingerprint density at radius 2 is 2.11 bits per heavy atom. The molecule has 12 heteroatoms. The van der Waals surface area contributed by atoms with E-state index in [1.165, 1.54) is 23.9 Å². The summed E-state index contributed by atoms with van der Waals surface area (Å²) >= 11 is 13.4. The number of nitro groups is 1. The van der Waals surface area contributed by atoms with Crippen molar-refractivity contribution >= 4 is 46.3 Å². The third-order valence-electron chi connectivity index (χ3n) is 3.50. The minimum absolute atomic E-state index is 0.0445. The summed E-state index contributed by atoms with van der Waals surface area (Å²) in [5.41, 5.74) is 0.944. The predicted octanol–water partition coefficient (Wildman–Crippen LogP) is 4.29. The highest BCUT2D eigenvalue weighted by Gasteiger charge is 2.15. The molecular formula is C15H8Cl2N6O3S.